The van der Waals surface area contributed by atoms with Crippen LogP contribution in [0.3, 0.4) is 0 Å². The molecule has 0 atom stereocenters. The van der Waals surface area contributed by atoms with E-state index in [4.69, 9.17) is 9.47 Å². The molecule has 1 aromatic heterocycles. The minimum absolute atomic E-state index is 0.00843. The summed E-state index contributed by atoms with van der Waals surface area (Å²) in [5, 5.41) is 5.98. The number of ether oxygens (including phenoxy) is 2. The lowest BCUT2D eigenvalue weighted by atomic mass is 9.85. The number of amides is 2. The predicted octanol–water partition coefficient (Wildman–Crippen LogP) is 3.29. The third kappa shape index (κ3) is 5.61. The first-order valence-electron chi connectivity index (χ1n) is 13.2. The summed E-state index contributed by atoms with van der Waals surface area (Å²) in [4.78, 5) is 43.6. The number of anilines is 2. The van der Waals surface area contributed by atoms with Gasteiger partial charge in [0.1, 0.15) is 5.75 Å². The maximum atomic E-state index is 13.0. The van der Waals surface area contributed by atoms with Crippen LogP contribution < -0.4 is 21.1 Å². The van der Waals surface area contributed by atoms with E-state index in [0.717, 1.165) is 48.4 Å². The SMILES string of the molecule is COc1cc(NC(=O)[C@H]2CC[C@@H](n3c(=O)[nH]c4c(NC(=O)CN5CCOCC5)cccc43)CC2)ccc1C. The smallest absolute Gasteiger partial charge is 0.326 e. The van der Waals surface area contributed by atoms with Gasteiger partial charge in [-0.25, -0.2) is 4.79 Å². The Kier molecular flexibility index (Phi) is 7.80. The number of carbonyl (C=O) groups excluding carboxylic acids is 2. The van der Waals surface area contributed by atoms with Crippen molar-refractivity contribution in [2.45, 2.75) is 38.6 Å². The lowest BCUT2D eigenvalue weighted by Crippen LogP contribution is -2.41. The predicted molar refractivity (Wildman–Crippen MR) is 146 cm³/mol. The molecule has 0 unspecified atom stereocenters. The Hall–Kier alpha value is -3.63. The molecule has 2 amide bonds. The fraction of sp³-hybridized carbons (Fsp3) is 0.464. The summed E-state index contributed by atoms with van der Waals surface area (Å²) in [7, 11) is 1.62. The van der Waals surface area contributed by atoms with Crippen LogP contribution in [0.25, 0.3) is 11.0 Å². The average Bonchev–Trinajstić information content (AvgIpc) is 3.27. The van der Waals surface area contributed by atoms with Gasteiger partial charge in [0.2, 0.25) is 11.8 Å². The van der Waals surface area contributed by atoms with Crippen molar-refractivity contribution in [2.75, 3.05) is 50.6 Å². The van der Waals surface area contributed by atoms with E-state index < -0.39 is 0 Å². The lowest BCUT2D eigenvalue weighted by molar-refractivity contribution is -0.121. The monoisotopic (exact) mass is 521 g/mol. The van der Waals surface area contributed by atoms with Gasteiger partial charge in [0.15, 0.2) is 0 Å². The van der Waals surface area contributed by atoms with Crippen LogP contribution >= 0.6 is 0 Å². The molecule has 1 saturated heterocycles. The van der Waals surface area contributed by atoms with Crippen LogP contribution in [-0.2, 0) is 14.3 Å². The van der Waals surface area contributed by atoms with Crippen molar-refractivity contribution < 1.29 is 19.1 Å². The third-order valence-electron chi connectivity index (χ3n) is 7.61. The number of morpholine rings is 1. The Morgan fingerprint density at radius 2 is 1.84 bits per heavy atom. The van der Waals surface area contributed by atoms with Crippen molar-refractivity contribution in [1.29, 1.82) is 0 Å². The summed E-state index contributed by atoms with van der Waals surface area (Å²) in [6.45, 7) is 4.95. The van der Waals surface area contributed by atoms with E-state index in [0.29, 0.717) is 37.3 Å². The zero-order valence-electron chi connectivity index (χ0n) is 21.9. The van der Waals surface area contributed by atoms with E-state index in [1.165, 1.54) is 0 Å². The highest BCUT2D eigenvalue weighted by molar-refractivity contribution is 6.00. The second kappa shape index (κ2) is 11.4. The molecule has 202 valence electrons. The summed E-state index contributed by atoms with van der Waals surface area (Å²) in [6, 6.07) is 11.2. The van der Waals surface area contributed by atoms with Gasteiger partial charge in [-0.1, -0.05) is 12.1 Å². The van der Waals surface area contributed by atoms with Crippen LogP contribution in [0.5, 0.6) is 5.75 Å². The molecule has 2 aliphatic rings. The number of carbonyl (C=O) groups is 2. The molecule has 2 aromatic carbocycles. The molecule has 3 N–H and O–H groups in total. The molecule has 3 aromatic rings. The summed E-state index contributed by atoms with van der Waals surface area (Å²) in [6.07, 6.45) is 2.81. The van der Waals surface area contributed by atoms with Crippen molar-refractivity contribution in [3.05, 3.63) is 52.4 Å². The Balaban J connectivity index is 1.24. The van der Waals surface area contributed by atoms with Crippen molar-refractivity contribution in [1.82, 2.24) is 14.5 Å². The number of aromatic amines is 1. The van der Waals surface area contributed by atoms with E-state index in [2.05, 4.69) is 20.5 Å². The second-order valence-electron chi connectivity index (χ2n) is 10.1. The molecule has 0 radical (unpaired) electrons. The zero-order valence-corrected chi connectivity index (χ0v) is 21.9. The molecular weight excluding hydrogens is 486 g/mol. The molecular formula is C28H35N5O5. The molecule has 2 fully saturated rings. The fourth-order valence-electron chi connectivity index (χ4n) is 5.51. The van der Waals surface area contributed by atoms with E-state index in [1.54, 1.807) is 17.7 Å². The van der Waals surface area contributed by atoms with Crippen LogP contribution in [-0.4, -0.2) is 66.2 Å². The highest BCUT2D eigenvalue weighted by atomic mass is 16.5. The van der Waals surface area contributed by atoms with Gasteiger partial charge in [0.25, 0.3) is 0 Å². The number of imidazole rings is 1. The van der Waals surface area contributed by atoms with Gasteiger partial charge >= 0.3 is 5.69 Å². The minimum Gasteiger partial charge on any atom is -0.496 e. The number of nitrogens with one attached hydrogen (secondary N) is 3. The topological polar surface area (TPSA) is 118 Å². The second-order valence-corrected chi connectivity index (χ2v) is 10.1. The van der Waals surface area contributed by atoms with Gasteiger partial charge in [-0.15, -0.1) is 0 Å². The number of fused-ring (bicyclic) bond motifs is 1. The summed E-state index contributed by atoms with van der Waals surface area (Å²) < 4.78 is 12.5. The number of aromatic nitrogens is 2. The first-order chi connectivity index (χ1) is 18.4. The van der Waals surface area contributed by atoms with Gasteiger partial charge < -0.3 is 25.1 Å². The molecule has 1 aliphatic carbocycles. The maximum absolute atomic E-state index is 13.0. The molecule has 10 heteroatoms. The van der Waals surface area contributed by atoms with Crippen molar-refractivity contribution in [2.24, 2.45) is 5.92 Å². The number of aryl methyl sites for hydroxylation is 1. The molecule has 1 saturated carbocycles. The fourth-order valence-corrected chi connectivity index (χ4v) is 5.51. The minimum atomic E-state index is -0.200. The summed E-state index contributed by atoms with van der Waals surface area (Å²) in [5.74, 6) is 0.493. The van der Waals surface area contributed by atoms with Gasteiger partial charge in [0, 0.05) is 36.8 Å². The van der Waals surface area contributed by atoms with Gasteiger partial charge in [-0.05, 0) is 56.4 Å². The molecule has 0 bridgehead atoms. The Labute approximate surface area is 221 Å². The number of para-hydroxylation sites is 1. The highest BCUT2D eigenvalue weighted by Gasteiger charge is 2.29. The van der Waals surface area contributed by atoms with Gasteiger partial charge in [-0.2, -0.15) is 0 Å². The van der Waals surface area contributed by atoms with E-state index in [9.17, 15) is 14.4 Å². The van der Waals surface area contributed by atoms with E-state index in [1.807, 2.05) is 37.3 Å². The van der Waals surface area contributed by atoms with Crippen molar-refractivity contribution >= 4 is 34.2 Å². The molecule has 1 aliphatic heterocycles. The first kappa shape index (κ1) is 26.0. The molecule has 10 nitrogen and oxygen atoms in total. The summed E-state index contributed by atoms with van der Waals surface area (Å²) >= 11 is 0. The van der Waals surface area contributed by atoms with Crippen molar-refractivity contribution in [3.63, 3.8) is 0 Å². The van der Waals surface area contributed by atoms with Crippen LogP contribution in [0, 0.1) is 12.8 Å². The summed E-state index contributed by atoms with van der Waals surface area (Å²) in [5.41, 5.74) is 3.51. The van der Waals surface area contributed by atoms with Crippen LogP contribution in [0.1, 0.15) is 37.3 Å². The number of benzene rings is 2. The van der Waals surface area contributed by atoms with Crippen LogP contribution in [0.2, 0.25) is 0 Å². The van der Waals surface area contributed by atoms with Crippen molar-refractivity contribution in [3.8, 4) is 5.75 Å². The number of hydrogen-bond donors (Lipinski definition) is 3. The van der Waals surface area contributed by atoms with Crippen LogP contribution in [0.15, 0.2) is 41.2 Å². The lowest BCUT2D eigenvalue weighted by Gasteiger charge is -2.28. The number of methoxy groups -OCH3 is 1. The third-order valence-corrected chi connectivity index (χ3v) is 7.61. The normalized spacial score (nSPS) is 20.3. The molecule has 0 spiro atoms. The molecule has 38 heavy (non-hydrogen) atoms. The quantitative estimate of drug-likeness (QED) is 0.439. The number of H-pyrrole nitrogens is 1. The molecule has 5 rings (SSSR count). The van der Waals surface area contributed by atoms with Gasteiger partial charge in [0.05, 0.1) is 43.6 Å². The largest absolute Gasteiger partial charge is 0.496 e. The van der Waals surface area contributed by atoms with E-state index >= 15 is 0 Å². The Morgan fingerprint density at radius 1 is 1.08 bits per heavy atom. The Bertz CT molecular complexity index is 1370. The van der Waals surface area contributed by atoms with Gasteiger partial charge in [-0.3, -0.25) is 19.1 Å². The number of rotatable bonds is 7. The molecule has 2 heterocycles. The van der Waals surface area contributed by atoms with Crippen LogP contribution in [0.4, 0.5) is 11.4 Å². The maximum Gasteiger partial charge on any atom is 0.326 e. The first-order valence-corrected chi connectivity index (χ1v) is 13.2. The zero-order chi connectivity index (χ0) is 26.6. The standard InChI is InChI=1S/C28H35N5O5/c1-18-6-9-20(16-24(18)37-2)29-27(35)19-7-10-21(11-8-19)33-23-5-3-4-22(26(23)31-28(33)36)30-25(34)17-32-12-14-38-15-13-32/h3-6,9,16,19,21H,7-8,10-15,17H2,1-2H3,(H,29,35)(H,30,34)(H,31,36)/t19-,21+. The number of hydrogen-bond acceptors (Lipinski definition) is 6. The van der Waals surface area contributed by atoms with E-state index in [-0.39, 0.29) is 36.0 Å². The number of nitrogens with zero attached hydrogens (tertiary/aromatic N) is 2. The highest BCUT2D eigenvalue weighted by Crippen LogP contribution is 2.35. The Morgan fingerprint density at radius 3 is 2.58 bits per heavy atom. The average molecular weight is 522 g/mol.